The number of nitrogens with one attached hydrogen (secondary N) is 2. The molecule has 0 aromatic heterocycles. The van der Waals surface area contributed by atoms with E-state index in [2.05, 4.69) is 4.72 Å². The zero-order valence-electron chi connectivity index (χ0n) is 14.9. The molecular formula is C17H15ClF4N2O4S. The van der Waals surface area contributed by atoms with Crippen molar-refractivity contribution in [2.24, 2.45) is 0 Å². The van der Waals surface area contributed by atoms with Gasteiger partial charge in [-0.2, -0.15) is 13.2 Å². The highest BCUT2D eigenvalue weighted by Crippen LogP contribution is 2.32. The minimum Gasteiger partial charge on any atom is -0.373 e. The smallest absolute Gasteiger partial charge is 0.373 e. The predicted octanol–water partition coefficient (Wildman–Crippen LogP) is 3.84. The van der Waals surface area contributed by atoms with Crippen molar-refractivity contribution >= 4 is 38.9 Å². The van der Waals surface area contributed by atoms with Gasteiger partial charge in [-0.15, -0.1) is 0 Å². The molecule has 0 heterocycles. The Morgan fingerprint density at radius 2 is 1.79 bits per heavy atom. The van der Waals surface area contributed by atoms with Gasteiger partial charge in [0.1, 0.15) is 5.82 Å². The van der Waals surface area contributed by atoms with Gasteiger partial charge >= 0.3 is 6.18 Å². The van der Waals surface area contributed by atoms with Gasteiger partial charge in [-0.25, -0.2) is 12.8 Å². The maximum Gasteiger partial charge on any atom is 0.426 e. The number of carbonyl (C=O) groups excluding carboxylic acids is 1. The summed E-state index contributed by atoms with van der Waals surface area (Å²) in [6.45, 7) is 1.80. The maximum absolute atomic E-state index is 14.2. The van der Waals surface area contributed by atoms with Crippen LogP contribution in [0.3, 0.4) is 0 Å². The number of para-hydroxylation sites is 1. The fraction of sp³-hybridized carbons (Fsp3) is 0.235. The monoisotopic (exact) mass is 454 g/mol. The standard InChI is InChI=1S/C17H15ClF4N2O4S/c1-9-4-3-5-11(18)14(9)24-29(27,28)10-6-7-13(12(19)8-10)23-15(25)16(2,26)17(20,21)22/h3-8,24,26H,1-2H3,(H,23,25)/t16-/m1/s1. The van der Waals surface area contributed by atoms with Gasteiger partial charge < -0.3 is 10.4 Å². The number of halogens is 5. The number of alkyl halides is 3. The predicted molar refractivity (Wildman–Crippen MR) is 98.7 cm³/mol. The Morgan fingerprint density at radius 1 is 1.17 bits per heavy atom. The van der Waals surface area contributed by atoms with E-state index in [4.69, 9.17) is 11.6 Å². The van der Waals surface area contributed by atoms with Gasteiger partial charge in [0, 0.05) is 0 Å². The Morgan fingerprint density at radius 3 is 2.31 bits per heavy atom. The third-order valence-corrected chi connectivity index (χ3v) is 5.61. The van der Waals surface area contributed by atoms with E-state index in [0.29, 0.717) is 11.6 Å². The van der Waals surface area contributed by atoms with Gasteiger partial charge in [0.05, 0.1) is 21.3 Å². The molecule has 2 aromatic rings. The number of carbonyl (C=O) groups is 1. The molecule has 2 rings (SSSR count). The van der Waals surface area contributed by atoms with E-state index in [0.717, 1.165) is 12.1 Å². The molecule has 0 fully saturated rings. The van der Waals surface area contributed by atoms with Crippen molar-refractivity contribution in [1.82, 2.24) is 0 Å². The van der Waals surface area contributed by atoms with Crippen LogP contribution in [0.15, 0.2) is 41.3 Å². The van der Waals surface area contributed by atoms with E-state index in [1.807, 2.05) is 0 Å². The Hall–Kier alpha value is -2.37. The van der Waals surface area contributed by atoms with Crippen LogP contribution >= 0.6 is 11.6 Å². The molecule has 0 aliphatic rings. The minimum absolute atomic E-state index is 0.0770. The van der Waals surface area contributed by atoms with Crippen LogP contribution in [0.2, 0.25) is 5.02 Å². The van der Waals surface area contributed by atoms with Crippen molar-refractivity contribution in [2.45, 2.75) is 30.5 Å². The van der Waals surface area contributed by atoms with Crippen molar-refractivity contribution in [1.29, 1.82) is 0 Å². The molecule has 0 bridgehead atoms. The molecule has 0 saturated heterocycles. The van der Waals surface area contributed by atoms with E-state index in [-0.39, 0.29) is 17.6 Å². The second kappa shape index (κ2) is 7.81. The first-order valence-corrected chi connectivity index (χ1v) is 9.71. The van der Waals surface area contributed by atoms with Gasteiger partial charge in [-0.1, -0.05) is 23.7 Å². The van der Waals surface area contributed by atoms with Crippen LogP contribution in [0.25, 0.3) is 0 Å². The summed E-state index contributed by atoms with van der Waals surface area (Å²) in [5.74, 6) is -3.25. The SMILES string of the molecule is Cc1cccc(Cl)c1NS(=O)(=O)c1ccc(NC(=O)[C@@](C)(O)C(F)(F)F)c(F)c1. The highest BCUT2D eigenvalue weighted by atomic mass is 35.5. The topological polar surface area (TPSA) is 95.5 Å². The van der Waals surface area contributed by atoms with Gasteiger partial charge in [-0.3, -0.25) is 9.52 Å². The van der Waals surface area contributed by atoms with Crippen molar-refractivity contribution in [3.63, 3.8) is 0 Å². The number of benzene rings is 2. The molecule has 1 atom stereocenters. The first-order valence-electron chi connectivity index (χ1n) is 7.85. The number of aliphatic hydroxyl groups is 1. The number of rotatable bonds is 5. The van der Waals surface area contributed by atoms with Crippen molar-refractivity contribution < 1.29 is 35.9 Å². The summed E-state index contributed by atoms with van der Waals surface area (Å²) in [5.41, 5.74) is -3.94. The Bertz CT molecular complexity index is 1040. The normalized spacial score (nSPS) is 14.2. The van der Waals surface area contributed by atoms with Crippen molar-refractivity contribution in [2.75, 3.05) is 10.0 Å². The van der Waals surface area contributed by atoms with Crippen molar-refractivity contribution in [3.05, 3.63) is 52.8 Å². The maximum atomic E-state index is 14.2. The van der Waals surface area contributed by atoms with E-state index in [9.17, 15) is 35.9 Å². The van der Waals surface area contributed by atoms with Crippen LogP contribution in [0, 0.1) is 12.7 Å². The lowest BCUT2D eigenvalue weighted by Crippen LogP contribution is -2.52. The molecule has 0 saturated carbocycles. The third-order valence-electron chi connectivity index (χ3n) is 3.95. The molecule has 0 spiro atoms. The van der Waals surface area contributed by atoms with Gasteiger partial charge in [0.25, 0.3) is 15.9 Å². The number of hydrogen-bond donors (Lipinski definition) is 3. The molecule has 0 radical (unpaired) electrons. The fourth-order valence-electron chi connectivity index (χ4n) is 2.09. The fourth-order valence-corrected chi connectivity index (χ4v) is 3.58. The van der Waals surface area contributed by atoms with Crippen LogP contribution in [0.4, 0.5) is 28.9 Å². The molecular weight excluding hydrogens is 440 g/mol. The average Bonchev–Trinajstić information content (AvgIpc) is 2.58. The van der Waals surface area contributed by atoms with Gasteiger partial charge in [0.2, 0.25) is 5.60 Å². The van der Waals surface area contributed by atoms with Crippen LogP contribution < -0.4 is 10.0 Å². The Labute approximate surface area is 168 Å². The van der Waals surface area contributed by atoms with Crippen molar-refractivity contribution in [3.8, 4) is 0 Å². The van der Waals surface area contributed by atoms with Crippen LogP contribution in [0.1, 0.15) is 12.5 Å². The zero-order valence-corrected chi connectivity index (χ0v) is 16.5. The number of sulfonamides is 1. The average molecular weight is 455 g/mol. The van der Waals surface area contributed by atoms with Crippen LogP contribution in [0.5, 0.6) is 0 Å². The molecule has 158 valence electrons. The molecule has 3 N–H and O–H groups in total. The number of anilines is 2. The zero-order chi connectivity index (χ0) is 22.2. The van der Waals surface area contributed by atoms with Gasteiger partial charge in [0.15, 0.2) is 0 Å². The summed E-state index contributed by atoms with van der Waals surface area (Å²) in [5, 5.41) is 11.0. The largest absolute Gasteiger partial charge is 0.426 e. The van der Waals surface area contributed by atoms with E-state index in [1.165, 1.54) is 6.07 Å². The first-order chi connectivity index (χ1) is 13.2. The highest BCUT2D eigenvalue weighted by Gasteiger charge is 2.55. The lowest BCUT2D eigenvalue weighted by Gasteiger charge is -2.25. The second-order valence-electron chi connectivity index (χ2n) is 6.20. The summed E-state index contributed by atoms with van der Waals surface area (Å²) < 4.78 is 79.4. The molecule has 29 heavy (non-hydrogen) atoms. The highest BCUT2D eigenvalue weighted by molar-refractivity contribution is 7.92. The van der Waals surface area contributed by atoms with E-state index < -0.39 is 44.1 Å². The molecule has 6 nitrogen and oxygen atoms in total. The second-order valence-corrected chi connectivity index (χ2v) is 8.29. The summed E-state index contributed by atoms with van der Waals surface area (Å²) in [7, 11) is -4.29. The Kier molecular flexibility index (Phi) is 6.17. The van der Waals surface area contributed by atoms with E-state index >= 15 is 0 Å². The summed E-state index contributed by atoms with van der Waals surface area (Å²) in [4.78, 5) is 11.1. The number of aryl methyl sites for hydroxylation is 1. The van der Waals surface area contributed by atoms with E-state index in [1.54, 1.807) is 24.4 Å². The molecule has 1 amide bonds. The quantitative estimate of drug-likeness (QED) is 0.598. The molecule has 12 heteroatoms. The number of hydrogen-bond acceptors (Lipinski definition) is 4. The van der Waals surface area contributed by atoms with Gasteiger partial charge in [-0.05, 0) is 43.7 Å². The van der Waals surface area contributed by atoms with Crippen LogP contribution in [-0.2, 0) is 14.8 Å². The first kappa shape index (κ1) is 22.9. The summed E-state index contributed by atoms with van der Waals surface area (Å²) >= 11 is 5.95. The molecule has 0 aliphatic heterocycles. The molecule has 2 aromatic carbocycles. The lowest BCUT2D eigenvalue weighted by molar-refractivity contribution is -0.242. The molecule has 0 aliphatic carbocycles. The number of amides is 1. The summed E-state index contributed by atoms with van der Waals surface area (Å²) in [6.07, 6.45) is -5.30. The molecule has 0 unspecified atom stereocenters. The summed E-state index contributed by atoms with van der Waals surface area (Å²) in [6, 6.07) is 6.77. The Balaban J connectivity index is 2.30. The minimum atomic E-state index is -5.30. The lowest BCUT2D eigenvalue weighted by atomic mass is 10.1. The van der Waals surface area contributed by atoms with Crippen LogP contribution in [-0.4, -0.2) is 31.2 Å². The third kappa shape index (κ3) is 4.80.